The van der Waals surface area contributed by atoms with Crippen LogP contribution in [0.4, 0.5) is 13.2 Å². The Morgan fingerprint density at radius 2 is 1.68 bits per heavy atom. The summed E-state index contributed by atoms with van der Waals surface area (Å²) in [5.74, 6) is -0.386. The highest BCUT2D eigenvalue weighted by molar-refractivity contribution is 7.87. The number of alkyl halides is 3. The molecule has 0 atom stereocenters. The van der Waals surface area contributed by atoms with E-state index in [1.807, 2.05) is 0 Å². The predicted octanol–water partition coefficient (Wildman–Crippen LogP) is 3.78. The van der Waals surface area contributed by atoms with E-state index in [0.29, 0.717) is 13.0 Å². The van der Waals surface area contributed by atoms with Crippen LogP contribution in [0.1, 0.15) is 37.7 Å². The summed E-state index contributed by atoms with van der Waals surface area (Å²) in [7, 11) is -5.64. The molecular weight excluding hydrogens is 361 g/mol. The first-order chi connectivity index (χ1) is 11.8. The van der Waals surface area contributed by atoms with Gasteiger partial charge in [0.05, 0.1) is 12.7 Å². The van der Waals surface area contributed by atoms with Gasteiger partial charge in [0.25, 0.3) is 0 Å². The molecule has 1 aliphatic carbocycles. The molecular formula is C16H21F3O5S. The van der Waals surface area contributed by atoms with E-state index in [1.54, 1.807) is 0 Å². The van der Waals surface area contributed by atoms with Crippen LogP contribution in [0.15, 0.2) is 24.3 Å². The molecule has 0 saturated heterocycles. The molecule has 2 rings (SSSR count). The zero-order valence-electron chi connectivity index (χ0n) is 13.6. The van der Waals surface area contributed by atoms with Crippen molar-refractivity contribution in [2.24, 2.45) is 0 Å². The number of rotatable bonds is 8. The second-order valence-electron chi connectivity index (χ2n) is 5.83. The maximum Gasteiger partial charge on any atom is 0.534 e. The van der Waals surface area contributed by atoms with Crippen molar-refractivity contribution in [3.8, 4) is 5.75 Å². The van der Waals surface area contributed by atoms with Crippen molar-refractivity contribution in [2.75, 3.05) is 13.4 Å². The van der Waals surface area contributed by atoms with Crippen LogP contribution in [0.2, 0.25) is 0 Å². The third-order valence-electron chi connectivity index (χ3n) is 3.89. The molecule has 0 spiro atoms. The lowest BCUT2D eigenvalue weighted by Gasteiger charge is -2.21. The van der Waals surface area contributed by atoms with Gasteiger partial charge in [-0.1, -0.05) is 31.4 Å². The Morgan fingerprint density at radius 1 is 1.04 bits per heavy atom. The second kappa shape index (κ2) is 8.86. The molecule has 1 saturated carbocycles. The van der Waals surface area contributed by atoms with E-state index >= 15 is 0 Å². The molecule has 5 nitrogen and oxygen atoms in total. The Balaban J connectivity index is 1.70. The monoisotopic (exact) mass is 382 g/mol. The van der Waals surface area contributed by atoms with E-state index in [9.17, 15) is 21.6 Å². The first-order valence-corrected chi connectivity index (χ1v) is 9.48. The summed E-state index contributed by atoms with van der Waals surface area (Å²) in [4.78, 5) is 0. The smallest absolute Gasteiger partial charge is 0.376 e. The van der Waals surface area contributed by atoms with Crippen molar-refractivity contribution < 1.29 is 35.2 Å². The van der Waals surface area contributed by atoms with Gasteiger partial charge in [-0.15, -0.1) is 0 Å². The second-order valence-corrected chi connectivity index (χ2v) is 7.37. The summed E-state index contributed by atoms with van der Waals surface area (Å²) in [6.45, 7) is 0.615. The molecule has 0 aromatic heterocycles. The summed E-state index contributed by atoms with van der Waals surface area (Å²) >= 11 is 0. The van der Waals surface area contributed by atoms with Gasteiger partial charge in [-0.3, -0.25) is 0 Å². The molecule has 25 heavy (non-hydrogen) atoms. The molecule has 0 unspecified atom stereocenters. The molecule has 1 aromatic carbocycles. The van der Waals surface area contributed by atoms with Crippen LogP contribution in [-0.2, 0) is 26.0 Å². The van der Waals surface area contributed by atoms with Crippen molar-refractivity contribution in [2.45, 2.75) is 50.1 Å². The van der Waals surface area contributed by atoms with E-state index in [4.69, 9.17) is 9.47 Å². The molecule has 0 bridgehead atoms. The summed E-state index contributed by atoms with van der Waals surface area (Å²) in [6.07, 6.45) is 6.54. The Labute approximate surface area is 145 Å². The van der Waals surface area contributed by atoms with Gasteiger partial charge in [-0.2, -0.15) is 21.6 Å². The molecule has 1 aromatic rings. The van der Waals surface area contributed by atoms with Gasteiger partial charge in [-0.25, -0.2) is 0 Å². The Kier molecular flexibility index (Phi) is 7.09. The van der Waals surface area contributed by atoms with Crippen molar-refractivity contribution >= 4 is 10.1 Å². The van der Waals surface area contributed by atoms with Crippen molar-refractivity contribution in [3.05, 3.63) is 29.8 Å². The largest absolute Gasteiger partial charge is 0.534 e. The average molecular weight is 382 g/mol. The number of hydrogen-bond donors (Lipinski definition) is 0. The molecule has 0 N–H and O–H groups in total. The van der Waals surface area contributed by atoms with Gasteiger partial charge in [0.1, 0.15) is 12.5 Å². The molecule has 1 aliphatic rings. The summed E-state index contributed by atoms with van der Waals surface area (Å²) < 4.78 is 73.5. The van der Waals surface area contributed by atoms with E-state index in [0.717, 1.165) is 18.4 Å². The van der Waals surface area contributed by atoms with Crippen molar-refractivity contribution in [3.63, 3.8) is 0 Å². The minimum Gasteiger partial charge on any atom is -0.376 e. The number of ether oxygens (including phenoxy) is 2. The first kappa shape index (κ1) is 20.0. The van der Waals surface area contributed by atoms with Crippen LogP contribution in [0.3, 0.4) is 0 Å². The van der Waals surface area contributed by atoms with Gasteiger partial charge < -0.3 is 13.7 Å². The van der Waals surface area contributed by atoms with E-state index in [1.165, 1.54) is 43.5 Å². The molecule has 142 valence electrons. The Bertz CT molecular complexity index is 622. The minimum atomic E-state index is -5.64. The molecule has 9 heteroatoms. The van der Waals surface area contributed by atoms with Gasteiger partial charge in [0, 0.05) is 0 Å². The summed E-state index contributed by atoms with van der Waals surface area (Å²) in [6, 6.07) is 5.34. The molecule has 0 heterocycles. The predicted molar refractivity (Wildman–Crippen MR) is 84.5 cm³/mol. The molecule has 1 fully saturated rings. The van der Waals surface area contributed by atoms with Gasteiger partial charge in [0.15, 0.2) is 0 Å². The van der Waals surface area contributed by atoms with Gasteiger partial charge in [0.2, 0.25) is 0 Å². The number of benzene rings is 1. The number of hydrogen-bond acceptors (Lipinski definition) is 5. The minimum absolute atomic E-state index is 0.218. The topological polar surface area (TPSA) is 61.8 Å². The number of halogens is 3. The van der Waals surface area contributed by atoms with Gasteiger partial charge in [-0.05, 0) is 37.0 Å². The van der Waals surface area contributed by atoms with Crippen molar-refractivity contribution in [1.82, 2.24) is 0 Å². The van der Waals surface area contributed by atoms with Crippen LogP contribution in [0, 0.1) is 0 Å². The van der Waals surface area contributed by atoms with Crippen LogP contribution in [0.25, 0.3) is 0 Å². The maximum atomic E-state index is 12.2. The van der Waals surface area contributed by atoms with E-state index in [-0.39, 0.29) is 18.6 Å². The highest BCUT2D eigenvalue weighted by Gasteiger charge is 2.48. The van der Waals surface area contributed by atoms with Crippen molar-refractivity contribution in [1.29, 1.82) is 0 Å². The van der Waals surface area contributed by atoms with Crippen LogP contribution >= 0.6 is 0 Å². The van der Waals surface area contributed by atoms with Crippen LogP contribution in [0.5, 0.6) is 5.75 Å². The maximum absolute atomic E-state index is 12.2. The lowest BCUT2D eigenvalue weighted by molar-refractivity contribution is -0.0975. The zero-order chi connectivity index (χ0) is 18.3. The van der Waals surface area contributed by atoms with Crippen LogP contribution < -0.4 is 4.18 Å². The quantitative estimate of drug-likeness (QED) is 0.296. The standard InChI is InChI=1S/C16H21F3O5S/c17-16(18,19)25(20,21)24-15-8-6-13(7-9-15)10-11-22-12-23-14-4-2-1-3-5-14/h6-9,14H,1-5,10-12H2. The summed E-state index contributed by atoms with van der Waals surface area (Å²) in [5.41, 5.74) is -4.66. The zero-order valence-corrected chi connectivity index (χ0v) is 14.4. The van der Waals surface area contributed by atoms with Crippen LogP contribution in [-0.4, -0.2) is 33.4 Å². The Morgan fingerprint density at radius 3 is 2.28 bits per heavy atom. The third-order valence-corrected chi connectivity index (χ3v) is 4.87. The highest BCUT2D eigenvalue weighted by atomic mass is 32.2. The summed E-state index contributed by atoms with van der Waals surface area (Å²) in [5, 5.41) is 0. The highest BCUT2D eigenvalue weighted by Crippen LogP contribution is 2.27. The fraction of sp³-hybridized carbons (Fsp3) is 0.625. The fourth-order valence-corrected chi connectivity index (χ4v) is 2.97. The fourth-order valence-electron chi connectivity index (χ4n) is 2.51. The molecule has 0 amide bonds. The van der Waals surface area contributed by atoms with E-state index in [2.05, 4.69) is 4.18 Å². The van der Waals surface area contributed by atoms with Gasteiger partial charge >= 0.3 is 15.6 Å². The molecule has 0 aliphatic heterocycles. The average Bonchev–Trinajstić information content (AvgIpc) is 2.56. The normalized spacial score (nSPS) is 16.8. The lowest BCUT2D eigenvalue weighted by Crippen LogP contribution is -2.28. The van der Waals surface area contributed by atoms with E-state index < -0.39 is 15.6 Å². The molecule has 0 radical (unpaired) electrons. The first-order valence-electron chi connectivity index (χ1n) is 8.07. The third kappa shape index (κ3) is 6.48. The SMILES string of the molecule is O=S(=O)(Oc1ccc(CCOCOC2CCCCC2)cc1)C(F)(F)F. The Hall–Kier alpha value is -1.32. The lowest BCUT2D eigenvalue weighted by atomic mass is 9.98.